The maximum absolute atomic E-state index is 12.9. The van der Waals surface area contributed by atoms with Crippen LogP contribution < -0.4 is 19.7 Å². The average molecular weight is 494 g/mol. The third-order valence-corrected chi connectivity index (χ3v) is 5.31. The van der Waals surface area contributed by atoms with Crippen LogP contribution in [-0.4, -0.2) is 23.5 Å². The second-order valence-electron chi connectivity index (χ2n) is 7.46. The highest BCUT2D eigenvalue weighted by Crippen LogP contribution is 2.31. The lowest BCUT2D eigenvalue weighted by Gasteiger charge is -2.13. The summed E-state index contributed by atoms with van der Waals surface area (Å²) in [6.07, 6.45) is 1.54. The Morgan fingerprint density at radius 2 is 1.80 bits per heavy atom. The standard InChI is InChI=1S/C25H20ClN3O6/c1-2-34-23-14-16(6-11-22(23)35-15-17-4-3-5-20(12-17)29(32)33)13-21-24(30)28(25(31)27-21)19-9-7-18(26)8-10-19/h3-14H,2,15H2,1H3,(H,27,31)/b21-13+. The fraction of sp³-hybridized carbons (Fsp3) is 0.120. The van der Waals surface area contributed by atoms with Crippen LogP contribution in [0.5, 0.6) is 11.5 Å². The van der Waals surface area contributed by atoms with Gasteiger partial charge in [0.15, 0.2) is 11.5 Å². The van der Waals surface area contributed by atoms with Crippen LogP contribution in [0.4, 0.5) is 16.2 Å². The molecule has 178 valence electrons. The molecule has 9 nitrogen and oxygen atoms in total. The number of anilines is 1. The highest BCUT2D eigenvalue weighted by molar-refractivity contribution is 6.31. The largest absolute Gasteiger partial charge is 0.490 e. The number of amides is 3. The molecule has 4 rings (SSSR count). The first-order valence-electron chi connectivity index (χ1n) is 10.6. The van der Waals surface area contributed by atoms with Gasteiger partial charge in [-0.1, -0.05) is 29.8 Å². The molecule has 1 fully saturated rings. The summed E-state index contributed by atoms with van der Waals surface area (Å²) in [6.45, 7) is 2.29. The van der Waals surface area contributed by atoms with Gasteiger partial charge in [0.2, 0.25) is 0 Å². The van der Waals surface area contributed by atoms with Crippen LogP contribution in [-0.2, 0) is 11.4 Å². The van der Waals surface area contributed by atoms with Gasteiger partial charge in [0.1, 0.15) is 12.3 Å². The molecule has 1 saturated heterocycles. The van der Waals surface area contributed by atoms with Crippen molar-refractivity contribution in [1.29, 1.82) is 0 Å². The molecule has 10 heteroatoms. The summed E-state index contributed by atoms with van der Waals surface area (Å²) in [4.78, 5) is 36.8. The number of carbonyl (C=O) groups is 2. The number of urea groups is 1. The van der Waals surface area contributed by atoms with E-state index in [2.05, 4.69) is 5.32 Å². The number of rotatable bonds is 8. The third-order valence-electron chi connectivity index (χ3n) is 5.06. The van der Waals surface area contributed by atoms with Gasteiger partial charge in [-0.3, -0.25) is 14.9 Å². The van der Waals surface area contributed by atoms with Crippen molar-refractivity contribution in [2.24, 2.45) is 0 Å². The van der Waals surface area contributed by atoms with Gasteiger partial charge in [0, 0.05) is 17.2 Å². The monoisotopic (exact) mass is 493 g/mol. The van der Waals surface area contributed by atoms with Crippen molar-refractivity contribution < 1.29 is 24.0 Å². The number of nitrogens with zero attached hydrogens (tertiary/aromatic N) is 2. The van der Waals surface area contributed by atoms with Gasteiger partial charge in [-0.15, -0.1) is 0 Å². The zero-order valence-electron chi connectivity index (χ0n) is 18.6. The Morgan fingerprint density at radius 1 is 1.03 bits per heavy atom. The van der Waals surface area contributed by atoms with Gasteiger partial charge < -0.3 is 14.8 Å². The van der Waals surface area contributed by atoms with Crippen molar-refractivity contribution in [3.63, 3.8) is 0 Å². The fourth-order valence-corrected chi connectivity index (χ4v) is 3.58. The van der Waals surface area contributed by atoms with Crippen LogP contribution in [0.3, 0.4) is 0 Å². The van der Waals surface area contributed by atoms with E-state index in [4.69, 9.17) is 21.1 Å². The van der Waals surface area contributed by atoms with E-state index in [0.29, 0.717) is 39.9 Å². The van der Waals surface area contributed by atoms with Crippen LogP contribution in [0.1, 0.15) is 18.1 Å². The quantitative estimate of drug-likeness (QED) is 0.197. The normalized spacial score (nSPS) is 14.2. The molecule has 1 aliphatic rings. The molecule has 0 unspecified atom stereocenters. The molecular formula is C25H20ClN3O6. The van der Waals surface area contributed by atoms with Crippen molar-refractivity contribution in [3.05, 3.63) is 98.7 Å². The Bertz CT molecular complexity index is 1320. The summed E-state index contributed by atoms with van der Waals surface area (Å²) in [5.74, 6) is 0.366. The van der Waals surface area contributed by atoms with Gasteiger partial charge in [0.25, 0.3) is 11.6 Å². The Balaban J connectivity index is 1.54. The molecule has 0 saturated carbocycles. The third kappa shape index (κ3) is 5.42. The molecule has 1 heterocycles. The maximum Gasteiger partial charge on any atom is 0.333 e. The van der Waals surface area contributed by atoms with E-state index in [1.54, 1.807) is 60.7 Å². The van der Waals surface area contributed by atoms with Crippen LogP contribution in [0.25, 0.3) is 6.08 Å². The summed E-state index contributed by atoms with van der Waals surface area (Å²) >= 11 is 5.89. The molecular weight excluding hydrogens is 474 g/mol. The number of nitrogens with one attached hydrogen (secondary N) is 1. The summed E-state index contributed by atoms with van der Waals surface area (Å²) in [7, 11) is 0. The number of imide groups is 1. The zero-order valence-corrected chi connectivity index (χ0v) is 19.3. The van der Waals surface area contributed by atoms with E-state index in [1.165, 1.54) is 12.1 Å². The molecule has 0 aliphatic carbocycles. The smallest absolute Gasteiger partial charge is 0.333 e. The molecule has 0 bridgehead atoms. The summed E-state index contributed by atoms with van der Waals surface area (Å²) < 4.78 is 11.5. The van der Waals surface area contributed by atoms with Gasteiger partial charge in [-0.2, -0.15) is 0 Å². The van der Waals surface area contributed by atoms with E-state index in [-0.39, 0.29) is 18.0 Å². The molecule has 1 N–H and O–H groups in total. The molecule has 0 aromatic heterocycles. The van der Waals surface area contributed by atoms with E-state index in [9.17, 15) is 19.7 Å². The molecule has 3 aromatic carbocycles. The van der Waals surface area contributed by atoms with E-state index in [0.717, 1.165) is 4.90 Å². The van der Waals surface area contributed by atoms with Crippen molar-refractivity contribution in [1.82, 2.24) is 5.32 Å². The van der Waals surface area contributed by atoms with Gasteiger partial charge in [0.05, 0.1) is 17.2 Å². The fourth-order valence-electron chi connectivity index (χ4n) is 3.45. The minimum atomic E-state index is -0.564. The first-order chi connectivity index (χ1) is 16.9. The van der Waals surface area contributed by atoms with Gasteiger partial charge in [-0.25, -0.2) is 9.69 Å². The predicted octanol–water partition coefficient (Wildman–Crippen LogP) is 5.32. The molecule has 3 amide bonds. The van der Waals surface area contributed by atoms with Crippen molar-refractivity contribution in [2.75, 3.05) is 11.5 Å². The number of nitro groups is 1. The Morgan fingerprint density at radius 3 is 2.51 bits per heavy atom. The van der Waals surface area contributed by atoms with Crippen LogP contribution >= 0.6 is 11.6 Å². The summed E-state index contributed by atoms with van der Waals surface area (Å²) in [5.41, 5.74) is 1.74. The van der Waals surface area contributed by atoms with Crippen LogP contribution in [0, 0.1) is 10.1 Å². The number of nitro benzene ring substituents is 1. The lowest BCUT2D eigenvalue weighted by molar-refractivity contribution is -0.384. The molecule has 3 aromatic rings. The van der Waals surface area contributed by atoms with Crippen molar-refractivity contribution in [2.45, 2.75) is 13.5 Å². The molecule has 0 spiro atoms. The molecule has 1 aliphatic heterocycles. The van der Waals surface area contributed by atoms with Gasteiger partial charge in [-0.05, 0) is 60.5 Å². The minimum Gasteiger partial charge on any atom is -0.490 e. The van der Waals surface area contributed by atoms with Crippen LogP contribution in [0.2, 0.25) is 5.02 Å². The average Bonchev–Trinajstić information content (AvgIpc) is 3.12. The van der Waals surface area contributed by atoms with Crippen molar-refractivity contribution >= 4 is 41.0 Å². The lowest BCUT2D eigenvalue weighted by Crippen LogP contribution is -2.30. The number of ether oxygens (including phenoxy) is 2. The number of halogens is 1. The maximum atomic E-state index is 12.9. The number of carbonyl (C=O) groups excluding carboxylic acids is 2. The second kappa shape index (κ2) is 10.3. The van der Waals surface area contributed by atoms with Gasteiger partial charge >= 0.3 is 6.03 Å². The first-order valence-corrected chi connectivity index (χ1v) is 11.0. The topological polar surface area (TPSA) is 111 Å². The molecule has 0 atom stereocenters. The Labute approximate surface area is 205 Å². The zero-order chi connectivity index (χ0) is 24.9. The lowest BCUT2D eigenvalue weighted by atomic mass is 10.1. The Hall–Kier alpha value is -4.37. The Kier molecular flexibility index (Phi) is 6.98. The summed E-state index contributed by atoms with van der Waals surface area (Å²) in [6, 6.07) is 17.0. The number of hydrogen-bond donors (Lipinski definition) is 1. The SMILES string of the molecule is CCOc1cc(/C=C2/NC(=O)N(c3ccc(Cl)cc3)C2=O)ccc1OCc1cccc([N+](=O)[O-])c1. The number of benzene rings is 3. The van der Waals surface area contributed by atoms with E-state index in [1.807, 2.05) is 6.92 Å². The molecule has 35 heavy (non-hydrogen) atoms. The summed E-state index contributed by atoms with van der Waals surface area (Å²) in [5, 5.41) is 14.1. The van der Waals surface area contributed by atoms with Crippen LogP contribution in [0.15, 0.2) is 72.4 Å². The predicted molar refractivity (Wildman–Crippen MR) is 130 cm³/mol. The number of non-ortho nitro benzene ring substituents is 1. The van der Waals surface area contributed by atoms with E-state index < -0.39 is 16.9 Å². The first kappa shape index (κ1) is 23.8. The highest BCUT2D eigenvalue weighted by Gasteiger charge is 2.34. The van der Waals surface area contributed by atoms with Crippen molar-refractivity contribution in [3.8, 4) is 11.5 Å². The molecule has 0 radical (unpaired) electrons. The number of hydrogen-bond acceptors (Lipinski definition) is 6. The highest BCUT2D eigenvalue weighted by atomic mass is 35.5. The van der Waals surface area contributed by atoms with E-state index >= 15 is 0 Å². The second-order valence-corrected chi connectivity index (χ2v) is 7.90. The minimum absolute atomic E-state index is 0.0194.